The molecule has 0 aliphatic carbocycles. The van der Waals surface area contributed by atoms with Gasteiger partial charge in [0.25, 0.3) is 6.43 Å². The number of anilines is 1. The first-order valence-electron chi connectivity index (χ1n) is 5.11. The monoisotopic (exact) mass is 271 g/mol. The van der Waals surface area contributed by atoms with E-state index in [2.05, 4.69) is 17.9 Å². The van der Waals surface area contributed by atoms with Crippen LogP contribution in [-0.2, 0) is 6.61 Å². The van der Waals surface area contributed by atoms with Gasteiger partial charge in [-0.05, 0) is 18.9 Å². The number of hydrogen-bond acceptors (Lipinski definition) is 4. The van der Waals surface area contributed by atoms with Crippen LogP contribution in [0.2, 0.25) is 0 Å². The molecule has 0 fully saturated rings. The molecule has 96 valence electrons. The zero-order valence-corrected chi connectivity index (χ0v) is 10.1. The number of nitrogens with two attached hydrogens (primary N) is 1. The summed E-state index contributed by atoms with van der Waals surface area (Å²) in [4.78, 5) is 0. The van der Waals surface area contributed by atoms with E-state index in [-0.39, 0.29) is 23.4 Å². The van der Waals surface area contributed by atoms with Crippen LogP contribution in [0.5, 0.6) is 5.88 Å². The average molecular weight is 271 g/mol. The highest BCUT2D eigenvalue weighted by Crippen LogP contribution is 2.27. The molecule has 0 aliphatic heterocycles. The number of ether oxygens (including phenoxy) is 1. The topological polar surface area (TPSA) is 53.1 Å². The van der Waals surface area contributed by atoms with Crippen LogP contribution in [0, 0.1) is 0 Å². The lowest BCUT2D eigenvalue weighted by atomic mass is 10.1. The molecular formula is C11H11F2N3OS. The fourth-order valence-electron chi connectivity index (χ4n) is 1.52. The van der Waals surface area contributed by atoms with E-state index in [1.165, 1.54) is 16.2 Å². The minimum absolute atomic E-state index is 0.0584. The van der Waals surface area contributed by atoms with Crippen LogP contribution in [-0.4, -0.2) is 9.19 Å². The first-order valence-corrected chi connectivity index (χ1v) is 5.51. The first-order chi connectivity index (χ1) is 8.58. The van der Waals surface area contributed by atoms with Gasteiger partial charge >= 0.3 is 0 Å². The molecule has 0 radical (unpaired) electrons. The zero-order valence-electron chi connectivity index (χ0n) is 9.25. The van der Waals surface area contributed by atoms with Crippen molar-refractivity contribution in [2.75, 3.05) is 5.73 Å². The highest BCUT2D eigenvalue weighted by atomic mass is 32.1. The lowest BCUT2D eigenvalue weighted by Crippen LogP contribution is -2.05. The van der Waals surface area contributed by atoms with Crippen LogP contribution < -0.4 is 10.5 Å². The molecule has 0 atom stereocenters. The summed E-state index contributed by atoms with van der Waals surface area (Å²) in [5, 5.41) is 3.86. The van der Waals surface area contributed by atoms with E-state index in [0.29, 0.717) is 5.88 Å². The lowest BCUT2D eigenvalue weighted by Gasteiger charge is -2.11. The van der Waals surface area contributed by atoms with Gasteiger partial charge in [-0.25, -0.2) is 12.9 Å². The molecule has 18 heavy (non-hydrogen) atoms. The molecule has 2 N–H and O–H groups in total. The van der Waals surface area contributed by atoms with Crippen molar-refractivity contribution in [3.05, 3.63) is 41.6 Å². The molecule has 2 aromatic rings. The van der Waals surface area contributed by atoms with E-state index in [1.54, 1.807) is 18.3 Å². The van der Waals surface area contributed by atoms with Gasteiger partial charge in [-0.3, -0.25) is 0 Å². The molecule has 2 rings (SSSR count). The second-order valence-corrected chi connectivity index (χ2v) is 3.99. The van der Waals surface area contributed by atoms with Gasteiger partial charge < -0.3 is 10.5 Å². The molecule has 1 aromatic heterocycles. The van der Waals surface area contributed by atoms with Crippen molar-refractivity contribution in [1.82, 2.24) is 9.19 Å². The van der Waals surface area contributed by atoms with Crippen molar-refractivity contribution >= 4 is 18.5 Å². The number of rotatable bonds is 4. The molecule has 4 nitrogen and oxygen atoms in total. The molecule has 0 saturated carbocycles. The minimum Gasteiger partial charge on any atom is -0.472 e. The summed E-state index contributed by atoms with van der Waals surface area (Å²) in [5.74, 6) is 0.300. The van der Waals surface area contributed by atoms with Crippen molar-refractivity contribution in [3.63, 3.8) is 0 Å². The van der Waals surface area contributed by atoms with Gasteiger partial charge in [0.1, 0.15) is 6.61 Å². The van der Waals surface area contributed by atoms with Crippen LogP contribution in [0.15, 0.2) is 30.5 Å². The summed E-state index contributed by atoms with van der Waals surface area (Å²) in [6.45, 7) is -0.0584. The molecule has 0 spiro atoms. The second kappa shape index (κ2) is 5.26. The molecular weight excluding hydrogens is 260 g/mol. The molecule has 7 heteroatoms. The van der Waals surface area contributed by atoms with Gasteiger partial charge in [-0.2, -0.15) is 0 Å². The number of benzene rings is 1. The van der Waals surface area contributed by atoms with Crippen LogP contribution in [0.4, 0.5) is 14.5 Å². The number of nitrogen functional groups attached to an aromatic ring is 1. The van der Waals surface area contributed by atoms with E-state index in [4.69, 9.17) is 10.5 Å². The van der Waals surface area contributed by atoms with E-state index in [1.807, 2.05) is 0 Å². The Hall–Kier alpha value is -1.76. The lowest BCUT2D eigenvalue weighted by molar-refractivity contribution is 0.148. The third-order valence-corrected chi connectivity index (χ3v) is 2.62. The smallest absolute Gasteiger partial charge is 0.264 e. The van der Waals surface area contributed by atoms with Gasteiger partial charge in [-0.15, -0.1) is 5.10 Å². The number of nitrogens with zero attached hydrogens (tertiary/aromatic N) is 2. The molecule has 0 saturated heterocycles. The van der Waals surface area contributed by atoms with Crippen LogP contribution in [0.25, 0.3) is 0 Å². The number of hydrogen-bond donors (Lipinski definition) is 2. The van der Waals surface area contributed by atoms with Gasteiger partial charge in [0.05, 0.1) is 0 Å². The summed E-state index contributed by atoms with van der Waals surface area (Å²) in [6.07, 6.45) is -1.02. The standard InChI is InChI=1S/C11H11F2N3OS/c12-11(13)7-2-1-3-9(14)8(7)6-17-10-4-5-16(18)15-10/h1-5,11,18H,6,14H2. The molecule has 0 amide bonds. The summed E-state index contributed by atoms with van der Waals surface area (Å²) in [7, 11) is 0. The fraction of sp³-hybridized carbons (Fsp3) is 0.182. The number of halogens is 2. The highest BCUT2D eigenvalue weighted by Gasteiger charge is 2.15. The van der Waals surface area contributed by atoms with Crippen molar-refractivity contribution in [2.45, 2.75) is 13.0 Å². The molecule has 1 heterocycles. The Bertz CT molecular complexity index is 545. The van der Waals surface area contributed by atoms with E-state index >= 15 is 0 Å². The van der Waals surface area contributed by atoms with Crippen LogP contribution in [0.3, 0.4) is 0 Å². The van der Waals surface area contributed by atoms with Crippen molar-refractivity contribution < 1.29 is 13.5 Å². The Morgan fingerprint density at radius 3 is 2.78 bits per heavy atom. The molecule has 0 unspecified atom stereocenters. The highest BCUT2D eigenvalue weighted by molar-refractivity contribution is 7.78. The van der Waals surface area contributed by atoms with Gasteiger partial charge in [0, 0.05) is 29.1 Å². The summed E-state index contributed by atoms with van der Waals surface area (Å²) in [6, 6.07) is 5.95. The Morgan fingerprint density at radius 2 is 2.17 bits per heavy atom. The van der Waals surface area contributed by atoms with Crippen LogP contribution >= 0.6 is 12.8 Å². The Kier molecular flexibility index (Phi) is 3.71. The maximum absolute atomic E-state index is 12.8. The van der Waals surface area contributed by atoms with Gasteiger partial charge in [-0.1, -0.05) is 12.1 Å². The summed E-state index contributed by atoms with van der Waals surface area (Å²) in [5.41, 5.74) is 6.10. The second-order valence-electron chi connectivity index (χ2n) is 3.58. The largest absolute Gasteiger partial charge is 0.472 e. The maximum Gasteiger partial charge on any atom is 0.264 e. The van der Waals surface area contributed by atoms with Gasteiger partial charge in [0.2, 0.25) is 5.88 Å². The summed E-state index contributed by atoms with van der Waals surface area (Å²) < 4.78 is 32.1. The molecule has 0 bridgehead atoms. The molecule has 0 aliphatic rings. The number of aromatic nitrogens is 2. The predicted octanol–water partition coefficient (Wildman–Crippen LogP) is 2.67. The van der Waals surface area contributed by atoms with Crippen molar-refractivity contribution in [3.8, 4) is 5.88 Å². The minimum atomic E-state index is -2.59. The van der Waals surface area contributed by atoms with E-state index < -0.39 is 6.43 Å². The van der Waals surface area contributed by atoms with Crippen molar-refractivity contribution in [2.24, 2.45) is 0 Å². The average Bonchev–Trinajstić information content (AvgIpc) is 2.73. The SMILES string of the molecule is Nc1cccc(C(F)F)c1COc1ccn(S)n1. The quantitative estimate of drug-likeness (QED) is 0.664. The first kappa shape index (κ1) is 12.7. The summed E-state index contributed by atoms with van der Waals surface area (Å²) >= 11 is 3.94. The third kappa shape index (κ3) is 2.73. The number of alkyl halides is 2. The fourth-order valence-corrected chi connectivity index (χ4v) is 1.67. The Labute approximate surface area is 108 Å². The Balaban J connectivity index is 2.18. The van der Waals surface area contributed by atoms with Gasteiger partial charge in [0.15, 0.2) is 0 Å². The predicted molar refractivity (Wildman–Crippen MR) is 66.8 cm³/mol. The maximum atomic E-state index is 12.8. The van der Waals surface area contributed by atoms with E-state index in [9.17, 15) is 8.78 Å². The number of thiol groups is 1. The third-order valence-electron chi connectivity index (χ3n) is 2.40. The van der Waals surface area contributed by atoms with Crippen LogP contribution in [0.1, 0.15) is 17.6 Å². The van der Waals surface area contributed by atoms with Crippen molar-refractivity contribution in [1.29, 1.82) is 0 Å². The normalized spacial score (nSPS) is 10.9. The van der Waals surface area contributed by atoms with E-state index in [0.717, 1.165) is 0 Å². The molecule has 1 aromatic carbocycles. The zero-order chi connectivity index (χ0) is 13.1. The Morgan fingerprint density at radius 1 is 1.39 bits per heavy atom.